The van der Waals surface area contributed by atoms with Gasteiger partial charge in [-0.25, -0.2) is 0 Å². The summed E-state index contributed by atoms with van der Waals surface area (Å²) in [7, 11) is 0. The van der Waals surface area contributed by atoms with Gasteiger partial charge in [0.1, 0.15) is 0 Å². The van der Waals surface area contributed by atoms with Gasteiger partial charge in [0.05, 0.1) is 5.60 Å². The largest absolute Gasteiger partial charge is 0.386 e. The standard InChI is InChI=1S/C12H11Cl7O/c1-9(2,20)7-5-3-4-6-8(7)10(13,14)11(15,16)12(17,18)19/h3-6,20H,1-2H3. The number of alkyl halides is 7. The third-order valence-electron chi connectivity index (χ3n) is 2.67. The van der Waals surface area contributed by atoms with Crippen molar-refractivity contribution in [2.75, 3.05) is 0 Å². The average molecular weight is 419 g/mol. The number of halogens is 7. The van der Waals surface area contributed by atoms with Crippen LogP contribution in [0.15, 0.2) is 24.3 Å². The Bertz CT molecular complexity index is 485. The molecule has 0 saturated carbocycles. The van der Waals surface area contributed by atoms with Crippen molar-refractivity contribution in [3.8, 4) is 0 Å². The van der Waals surface area contributed by atoms with E-state index in [9.17, 15) is 5.11 Å². The SMILES string of the molecule is CC(C)(O)c1ccccc1C(Cl)(Cl)C(Cl)(Cl)C(Cl)(Cl)Cl. The highest BCUT2D eigenvalue weighted by Crippen LogP contribution is 2.61. The van der Waals surface area contributed by atoms with E-state index in [0.717, 1.165) is 0 Å². The Labute approximate surface area is 153 Å². The molecule has 0 saturated heterocycles. The van der Waals surface area contributed by atoms with Gasteiger partial charge in [0, 0.05) is 0 Å². The van der Waals surface area contributed by atoms with E-state index in [-0.39, 0.29) is 5.56 Å². The van der Waals surface area contributed by atoms with E-state index >= 15 is 0 Å². The number of benzene rings is 1. The summed E-state index contributed by atoms with van der Waals surface area (Å²) in [5.41, 5.74) is -0.555. The van der Waals surface area contributed by atoms with E-state index in [4.69, 9.17) is 81.2 Å². The molecule has 0 bridgehead atoms. The predicted octanol–water partition coefficient (Wildman–Crippen LogP) is 6.09. The molecule has 0 radical (unpaired) electrons. The van der Waals surface area contributed by atoms with Crippen molar-refractivity contribution in [2.45, 2.75) is 31.9 Å². The minimum atomic E-state index is -2.15. The maximum atomic E-state index is 10.2. The van der Waals surface area contributed by atoms with E-state index in [2.05, 4.69) is 0 Å². The number of aliphatic hydroxyl groups is 1. The molecule has 0 aliphatic heterocycles. The summed E-state index contributed by atoms with van der Waals surface area (Å²) >= 11 is 42.0. The topological polar surface area (TPSA) is 20.2 Å². The van der Waals surface area contributed by atoms with Crippen molar-refractivity contribution in [3.63, 3.8) is 0 Å². The quantitative estimate of drug-likeness (QED) is 0.588. The molecule has 20 heavy (non-hydrogen) atoms. The minimum absolute atomic E-state index is 0.257. The van der Waals surface area contributed by atoms with Gasteiger partial charge >= 0.3 is 0 Å². The Morgan fingerprint density at radius 2 is 1.20 bits per heavy atom. The van der Waals surface area contributed by atoms with Crippen molar-refractivity contribution >= 4 is 81.2 Å². The molecule has 1 N–H and O–H groups in total. The lowest BCUT2D eigenvalue weighted by atomic mass is 9.90. The van der Waals surface area contributed by atoms with E-state index in [1.807, 2.05) is 0 Å². The molecule has 0 amide bonds. The van der Waals surface area contributed by atoms with Crippen LogP contribution >= 0.6 is 81.2 Å². The van der Waals surface area contributed by atoms with Crippen LogP contribution in [-0.4, -0.2) is 13.2 Å². The third kappa shape index (κ3) is 3.58. The van der Waals surface area contributed by atoms with Crippen LogP contribution in [0.4, 0.5) is 0 Å². The van der Waals surface area contributed by atoms with E-state index < -0.39 is 18.1 Å². The van der Waals surface area contributed by atoms with Gasteiger partial charge in [0.25, 0.3) is 0 Å². The maximum absolute atomic E-state index is 10.2. The zero-order valence-electron chi connectivity index (χ0n) is 10.4. The third-order valence-corrected chi connectivity index (χ3v) is 6.60. The molecule has 1 aromatic rings. The smallest absolute Gasteiger partial charge is 0.226 e. The molecule has 1 rings (SSSR count). The molecule has 8 heteroatoms. The molecule has 0 aromatic heterocycles. The van der Waals surface area contributed by atoms with Gasteiger partial charge in [-0.05, 0) is 25.0 Å². The van der Waals surface area contributed by atoms with Crippen LogP contribution in [0.3, 0.4) is 0 Å². The monoisotopic (exact) mass is 416 g/mol. The normalized spacial score (nSPS) is 14.5. The first-order chi connectivity index (χ1) is 8.73. The summed E-state index contributed by atoms with van der Waals surface area (Å²) in [5, 5.41) is 10.2. The minimum Gasteiger partial charge on any atom is -0.386 e. The highest BCUT2D eigenvalue weighted by Gasteiger charge is 2.61. The van der Waals surface area contributed by atoms with Crippen molar-refractivity contribution in [3.05, 3.63) is 35.4 Å². The summed E-state index contributed by atoms with van der Waals surface area (Å²) < 4.78 is -6.25. The van der Waals surface area contributed by atoms with Crippen LogP contribution in [0.25, 0.3) is 0 Å². The van der Waals surface area contributed by atoms with Crippen LogP contribution in [0.2, 0.25) is 0 Å². The summed E-state index contributed by atoms with van der Waals surface area (Å²) in [5.74, 6) is 0. The molecule has 1 aromatic carbocycles. The second kappa shape index (κ2) is 6.02. The molecule has 0 unspecified atom stereocenters. The highest BCUT2D eigenvalue weighted by atomic mass is 35.6. The van der Waals surface area contributed by atoms with Crippen molar-refractivity contribution < 1.29 is 5.11 Å². The van der Waals surface area contributed by atoms with Gasteiger partial charge in [-0.15, -0.1) is 0 Å². The highest BCUT2D eigenvalue weighted by molar-refractivity contribution is 6.78. The number of rotatable bonds is 3. The molecular weight excluding hydrogens is 408 g/mol. The molecule has 0 spiro atoms. The van der Waals surface area contributed by atoms with Gasteiger partial charge in [0.2, 0.25) is 8.13 Å². The summed E-state index contributed by atoms with van der Waals surface area (Å²) in [6, 6.07) is 6.56. The molecule has 0 fully saturated rings. The maximum Gasteiger partial charge on any atom is 0.226 e. The summed E-state index contributed by atoms with van der Waals surface area (Å²) in [6.07, 6.45) is 0. The van der Waals surface area contributed by atoms with Crippen LogP contribution in [0.5, 0.6) is 0 Å². The zero-order valence-corrected chi connectivity index (χ0v) is 15.7. The predicted molar refractivity (Wildman–Crippen MR) is 89.8 cm³/mol. The van der Waals surface area contributed by atoms with Gasteiger partial charge in [-0.3, -0.25) is 0 Å². The lowest BCUT2D eigenvalue weighted by Gasteiger charge is -2.39. The molecule has 1 nitrogen and oxygen atoms in total. The number of hydrogen-bond donors (Lipinski definition) is 1. The fourth-order valence-electron chi connectivity index (χ4n) is 1.64. The zero-order chi connectivity index (χ0) is 16.0. The molecule has 114 valence electrons. The van der Waals surface area contributed by atoms with E-state index in [0.29, 0.717) is 5.56 Å². The first-order valence-electron chi connectivity index (χ1n) is 5.37. The summed E-state index contributed by atoms with van der Waals surface area (Å²) in [6.45, 7) is 3.13. The van der Waals surface area contributed by atoms with Gasteiger partial charge in [0.15, 0.2) is 4.33 Å². The average Bonchev–Trinajstić information content (AvgIpc) is 2.26. The molecule has 0 aliphatic carbocycles. The second-order valence-corrected chi connectivity index (χ2v) is 9.69. The fourth-order valence-corrected chi connectivity index (χ4v) is 3.17. The Balaban J connectivity index is 3.52. The Morgan fingerprint density at radius 3 is 1.55 bits per heavy atom. The summed E-state index contributed by atoms with van der Waals surface area (Å²) in [4.78, 5) is 0. The first kappa shape index (κ1) is 19.3. The first-order valence-corrected chi connectivity index (χ1v) is 8.02. The van der Waals surface area contributed by atoms with Crippen molar-refractivity contribution in [2.24, 2.45) is 0 Å². The van der Waals surface area contributed by atoms with E-state index in [1.54, 1.807) is 38.1 Å². The molecule has 0 atom stereocenters. The van der Waals surface area contributed by atoms with Gasteiger partial charge < -0.3 is 5.11 Å². The van der Waals surface area contributed by atoms with Crippen molar-refractivity contribution in [1.82, 2.24) is 0 Å². The van der Waals surface area contributed by atoms with Crippen LogP contribution in [0.1, 0.15) is 25.0 Å². The Hall–Kier alpha value is 1.21. The molecular formula is C12H11Cl7O. The van der Waals surface area contributed by atoms with Crippen LogP contribution in [0, 0.1) is 0 Å². The van der Waals surface area contributed by atoms with Crippen LogP contribution in [-0.2, 0) is 9.93 Å². The second-order valence-electron chi connectivity index (χ2n) is 4.75. The lowest BCUT2D eigenvalue weighted by Crippen LogP contribution is -2.46. The molecule has 0 aliphatic rings. The van der Waals surface area contributed by atoms with E-state index in [1.165, 1.54) is 0 Å². The Morgan fingerprint density at radius 1 is 0.800 bits per heavy atom. The Kier molecular flexibility index (Phi) is 5.79. The van der Waals surface area contributed by atoms with Gasteiger partial charge in [-0.2, -0.15) is 0 Å². The van der Waals surface area contributed by atoms with Gasteiger partial charge in [-0.1, -0.05) is 105 Å². The molecule has 0 heterocycles. The number of hydrogen-bond acceptors (Lipinski definition) is 1. The lowest BCUT2D eigenvalue weighted by molar-refractivity contribution is 0.0773. The fraction of sp³-hybridized carbons (Fsp3) is 0.500. The van der Waals surface area contributed by atoms with Crippen molar-refractivity contribution in [1.29, 1.82) is 0 Å². The van der Waals surface area contributed by atoms with Crippen LogP contribution < -0.4 is 0 Å².